The van der Waals surface area contributed by atoms with E-state index in [1.54, 1.807) is 13.2 Å². The monoisotopic (exact) mass is 345 g/mol. The van der Waals surface area contributed by atoms with Crippen LogP contribution in [-0.2, 0) is 4.79 Å². The average molecular weight is 345 g/mol. The number of benzene rings is 2. The Balaban J connectivity index is 1.61. The lowest BCUT2D eigenvalue weighted by Gasteiger charge is -2.19. The van der Waals surface area contributed by atoms with Crippen molar-refractivity contribution in [1.29, 1.82) is 0 Å². The van der Waals surface area contributed by atoms with Gasteiger partial charge in [-0.05, 0) is 43.3 Å². The number of hydrogen-bond acceptors (Lipinski definition) is 5. The van der Waals surface area contributed by atoms with E-state index in [9.17, 15) is 4.79 Å². The molecule has 0 spiro atoms. The molecule has 5 nitrogen and oxygen atoms in total. The fourth-order valence-electron chi connectivity index (χ4n) is 2.28. The van der Waals surface area contributed by atoms with Crippen molar-refractivity contribution in [1.82, 2.24) is 0 Å². The van der Waals surface area contributed by atoms with Gasteiger partial charge in [0.25, 0.3) is 0 Å². The smallest absolute Gasteiger partial charge is 0.237 e. The first-order valence-electron chi connectivity index (χ1n) is 7.67. The van der Waals surface area contributed by atoms with E-state index in [1.807, 2.05) is 43.3 Å². The molecular formula is C18H19NO4S. The molecule has 6 heteroatoms. The largest absolute Gasteiger partial charge is 0.497 e. The molecule has 0 fully saturated rings. The molecule has 1 atom stereocenters. The fourth-order valence-corrected chi connectivity index (χ4v) is 3.14. The normalized spacial score (nSPS) is 13.9. The van der Waals surface area contributed by atoms with Crippen molar-refractivity contribution in [3.05, 3.63) is 42.5 Å². The minimum atomic E-state index is -0.230. The number of anilines is 1. The van der Waals surface area contributed by atoms with Crippen LogP contribution in [0.4, 0.5) is 5.69 Å². The van der Waals surface area contributed by atoms with Gasteiger partial charge in [-0.1, -0.05) is 0 Å². The maximum atomic E-state index is 12.4. The summed E-state index contributed by atoms with van der Waals surface area (Å²) in [7, 11) is 1.63. The molecule has 1 N–H and O–H groups in total. The Hall–Kier alpha value is -2.34. The molecule has 3 rings (SSSR count). The maximum absolute atomic E-state index is 12.4. The first kappa shape index (κ1) is 16.5. The van der Waals surface area contributed by atoms with E-state index in [0.29, 0.717) is 30.4 Å². The van der Waals surface area contributed by atoms with Gasteiger partial charge in [0.15, 0.2) is 11.5 Å². The molecule has 24 heavy (non-hydrogen) atoms. The summed E-state index contributed by atoms with van der Waals surface area (Å²) < 4.78 is 16.1. The highest BCUT2D eigenvalue weighted by atomic mass is 32.2. The van der Waals surface area contributed by atoms with Crippen molar-refractivity contribution in [2.24, 2.45) is 0 Å². The first-order chi connectivity index (χ1) is 11.7. The van der Waals surface area contributed by atoms with Crippen LogP contribution in [-0.4, -0.2) is 31.5 Å². The molecule has 1 aliphatic heterocycles. The van der Waals surface area contributed by atoms with E-state index in [1.165, 1.54) is 11.8 Å². The third-order valence-electron chi connectivity index (χ3n) is 3.55. The van der Waals surface area contributed by atoms with Gasteiger partial charge in [-0.25, -0.2) is 0 Å². The number of hydrogen-bond donors (Lipinski definition) is 1. The minimum absolute atomic E-state index is 0.0625. The third kappa shape index (κ3) is 3.94. The van der Waals surface area contributed by atoms with Crippen molar-refractivity contribution >= 4 is 23.4 Å². The molecule has 1 aliphatic rings. The van der Waals surface area contributed by atoms with Gasteiger partial charge in [-0.3, -0.25) is 4.79 Å². The summed E-state index contributed by atoms with van der Waals surface area (Å²) >= 11 is 1.50. The Kier molecular flexibility index (Phi) is 5.15. The quantitative estimate of drug-likeness (QED) is 0.840. The fraction of sp³-hybridized carbons (Fsp3) is 0.278. The summed E-state index contributed by atoms with van der Waals surface area (Å²) in [5, 5.41) is 2.68. The molecule has 1 amide bonds. The molecule has 2 aromatic rings. The van der Waals surface area contributed by atoms with Gasteiger partial charge in [-0.15, -0.1) is 11.8 Å². The number of carbonyl (C=O) groups excluding carboxylic acids is 1. The van der Waals surface area contributed by atoms with E-state index in [2.05, 4.69) is 5.32 Å². The number of ether oxygens (including phenoxy) is 3. The second-order valence-corrected chi connectivity index (χ2v) is 6.70. The number of nitrogens with one attached hydrogen (secondary N) is 1. The standard InChI is InChI=1S/C18H19NO4S/c1-12(24-15-6-4-14(21-2)5-7-15)18(20)19-13-3-8-16-17(11-13)23-10-9-22-16/h3-8,11-12H,9-10H2,1-2H3,(H,19,20). The van der Waals surface area contributed by atoms with Gasteiger partial charge >= 0.3 is 0 Å². The zero-order valence-electron chi connectivity index (χ0n) is 13.6. The zero-order chi connectivity index (χ0) is 16.9. The highest BCUT2D eigenvalue weighted by molar-refractivity contribution is 8.00. The van der Waals surface area contributed by atoms with Gasteiger partial charge in [0, 0.05) is 16.6 Å². The lowest BCUT2D eigenvalue weighted by molar-refractivity contribution is -0.115. The van der Waals surface area contributed by atoms with Crippen LogP contribution in [0.5, 0.6) is 17.2 Å². The van der Waals surface area contributed by atoms with E-state index in [-0.39, 0.29) is 11.2 Å². The van der Waals surface area contributed by atoms with E-state index in [0.717, 1.165) is 10.6 Å². The van der Waals surface area contributed by atoms with Crippen molar-refractivity contribution in [2.75, 3.05) is 25.6 Å². The molecule has 0 saturated carbocycles. The van der Waals surface area contributed by atoms with Crippen molar-refractivity contribution in [3.63, 3.8) is 0 Å². The summed E-state index contributed by atoms with van der Waals surface area (Å²) in [6.45, 7) is 2.95. The topological polar surface area (TPSA) is 56.8 Å². The minimum Gasteiger partial charge on any atom is -0.497 e. The third-order valence-corrected chi connectivity index (χ3v) is 4.66. The molecule has 0 aliphatic carbocycles. The molecule has 1 heterocycles. The van der Waals surface area contributed by atoms with Crippen LogP contribution < -0.4 is 19.5 Å². The summed E-state index contributed by atoms with van der Waals surface area (Å²) in [5.74, 6) is 2.11. The van der Waals surface area contributed by atoms with Gasteiger partial charge in [0.05, 0.1) is 12.4 Å². The Labute approximate surface area is 145 Å². The number of carbonyl (C=O) groups is 1. The van der Waals surface area contributed by atoms with Crippen molar-refractivity contribution in [3.8, 4) is 17.2 Å². The number of fused-ring (bicyclic) bond motifs is 1. The van der Waals surface area contributed by atoms with Crippen LogP contribution in [0.15, 0.2) is 47.4 Å². The zero-order valence-corrected chi connectivity index (χ0v) is 14.4. The molecule has 2 aromatic carbocycles. The predicted octanol–water partition coefficient (Wildman–Crippen LogP) is 3.59. The summed E-state index contributed by atoms with van der Waals surface area (Å²) in [6, 6.07) is 13.1. The summed E-state index contributed by atoms with van der Waals surface area (Å²) in [4.78, 5) is 13.4. The molecule has 1 unspecified atom stereocenters. The first-order valence-corrected chi connectivity index (χ1v) is 8.55. The summed E-state index contributed by atoms with van der Waals surface area (Å²) in [5.41, 5.74) is 0.700. The van der Waals surface area contributed by atoms with Gasteiger partial charge < -0.3 is 19.5 Å². The van der Waals surface area contributed by atoms with Crippen LogP contribution in [0.3, 0.4) is 0 Å². The van der Waals surface area contributed by atoms with Crippen LogP contribution in [0.2, 0.25) is 0 Å². The number of methoxy groups -OCH3 is 1. The molecule has 126 valence electrons. The molecule has 0 aromatic heterocycles. The van der Waals surface area contributed by atoms with Crippen LogP contribution in [0.1, 0.15) is 6.92 Å². The maximum Gasteiger partial charge on any atom is 0.237 e. The van der Waals surface area contributed by atoms with Crippen LogP contribution in [0.25, 0.3) is 0 Å². The Morgan fingerprint density at radius 3 is 2.54 bits per heavy atom. The molecule has 0 saturated heterocycles. The molecule has 0 bridgehead atoms. The van der Waals surface area contributed by atoms with Crippen molar-refractivity contribution in [2.45, 2.75) is 17.1 Å². The average Bonchev–Trinajstić information content (AvgIpc) is 2.62. The lowest BCUT2D eigenvalue weighted by atomic mass is 10.2. The lowest BCUT2D eigenvalue weighted by Crippen LogP contribution is -2.22. The number of thioether (sulfide) groups is 1. The Morgan fingerprint density at radius 2 is 1.83 bits per heavy atom. The highest BCUT2D eigenvalue weighted by Gasteiger charge is 2.17. The van der Waals surface area contributed by atoms with Crippen LogP contribution >= 0.6 is 11.8 Å². The number of rotatable bonds is 5. The number of amides is 1. The second-order valence-electron chi connectivity index (χ2n) is 5.28. The van der Waals surface area contributed by atoms with Crippen LogP contribution in [0, 0.1) is 0 Å². The Bertz CT molecular complexity index is 717. The molecular weight excluding hydrogens is 326 g/mol. The van der Waals surface area contributed by atoms with E-state index < -0.39 is 0 Å². The van der Waals surface area contributed by atoms with Gasteiger partial charge in [-0.2, -0.15) is 0 Å². The predicted molar refractivity (Wildman–Crippen MR) is 94.4 cm³/mol. The van der Waals surface area contributed by atoms with Gasteiger partial charge in [0.2, 0.25) is 5.91 Å². The van der Waals surface area contributed by atoms with Gasteiger partial charge in [0.1, 0.15) is 19.0 Å². The highest BCUT2D eigenvalue weighted by Crippen LogP contribution is 2.33. The summed E-state index contributed by atoms with van der Waals surface area (Å²) in [6.07, 6.45) is 0. The van der Waals surface area contributed by atoms with E-state index in [4.69, 9.17) is 14.2 Å². The second kappa shape index (κ2) is 7.49. The SMILES string of the molecule is COc1ccc(SC(C)C(=O)Nc2ccc3c(c2)OCCO3)cc1. The van der Waals surface area contributed by atoms with Crippen molar-refractivity contribution < 1.29 is 19.0 Å². The van der Waals surface area contributed by atoms with E-state index >= 15 is 0 Å². The molecule has 0 radical (unpaired) electrons. The Morgan fingerprint density at radius 1 is 1.12 bits per heavy atom.